The third-order valence-corrected chi connectivity index (χ3v) is 5.61. The Kier molecular flexibility index (Phi) is 4.00. The van der Waals surface area contributed by atoms with Gasteiger partial charge in [0.05, 0.1) is 0 Å². The topological polar surface area (TPSA) is 51.8 Å². The fourth-order valence-electron chi connectivity index (χ4n) is 2.83. The molecular formula is C17H21N3S. The van der Waals surface area contributed by atoms with Gasteiger partial charge in [-0.3, -0.25) is 0 Å². The maximum Gasteiger partial charge on any atom is 0.188 e. The SMILES string of the molecule is Cc1nc(SC2CCc3ccccc3C2N)nc(C)c1C. The van der Waals surface area contributed by atoms with Gasteiger partial charge in [-0.1, -0.05) is 36.0 Å². The number of rotatable bonds is 2. The molecule has 1 aromatic heterocycles. The van der Waals surface area contributed by atoms with Crippen LogP contribution in [-0.4, -0.2) is 15.2 Å². The molecule has 4 heteroatoms. The van der Waals surface area contributed by atoms with Gasteiger partial charge in [0.2, 0.25) is 0 Å². The largest absolute Gasteiger partial charge is 0.323 e. The fraction of sp³-hybridized carbons (Fsp3) is 0.412. The minimum Gasteiger partial charge on any atom is -0.323 e. The molecule has 0 bridgehead atoms. The molecule has 0 spiro atoms. The molecule has 110 valence electrons. The third-order valence-electron chi connectivity index (χ3n) is 4.38. The summed E-state index contributed by atoms with van der Waals surface area (Å²) in [7, 11) is 0. The molecule has 0 amide bonds. The summed E-state index contributed by atoms with van der Waals surface area (Å²) in [5.74, 6) is 0. The maximum atomic E-state index is 6.47. The predicted molar refractivity (Wildman–Crippen MR) is 87.6 cm³/mol. The number of aryl methyl sites for hydroxylation is 3. The Hall–Kier alpha value is -1.39. The Morgan fingerprint density at radius 2 is 1.76 bits per heavy atom. The lowest BCUT2D eigenvalue weighted by atomic mass is 9.88. The first kappa shape index (κ1) is 14.5. The monoisotopic (exact) mass is 299 g/mol. The second-order valence-electron chi connectivity index (χ2n) is 5.72. The van der Waals surface area contributed by atoms with Crippen molar-refractivity contribution in [2.24, 2.45) is 5.73 Å². The highest BCUT2D eigenvalue weighted by molar-refractivity contribution is 7.99. The van der Waals surface area contributed by atoms with Crippen LogP contribution in [0.1, 0.15) is 40.5 Å². The molecule has 1 aliphatic carbocycles. The van der Waals surface area contributed by atoms with Crippen LogP contribution in [0.15, 0.2) is 29.4 Å². The van der Waals surface area contributed by atoms with E-state index in [1.165, 1.54) is 16.7 Å². The van der Waals surface area contributed by atoms with Gasteiger partial charge in [-0.2, -0.15) is 0 Å². The Labute approximate surface area is 130 Å². The highest BCUT2D eigenvalue weighted by atomic mass is 32.2. The Balaban J connectivity index is 1.84. The van der Waals surface area contributed by atoms with Gasteiger partial charge < -0.3 is 5.73 Å². The fourth-order valence-corrected chi connectivity index (χ4v) is 4.01. The van der Waals surface area contributed by atoms with E-state index in [0.717, 1.165) is 29.4 Å². The smallest absolute Gasteiger partial charge is 0.188 e. The van der Waals surface area contributed by atoms with Crippen molar-refractivity contribution in [3.05, 3.63) is 52.3 Å². The van der Waals surface area contributed by atoms with Crippen LogP contribution in [0.25, 0.3) is 0 Å². The van der Waals surface area contributed by atoms with Gasteiger partial charge in [-0.25, -0.2) is 9.97 Å². The number of fused-ring (bicyclic) bond motifs is 1. The van der Waals surface area contributed by atoms with E-state index in [9.17, 15) is 0 Å². The molecule has 3 nitrogen and oxygen atoms in total. The second-order valence-corrected chi connectivity index (χ2v) is 6.93. The molecular weight excluding hydrogens is 278 g/mol. The highest BCUT2D eigenvalue weighted by Crippen LogP contribution is 2.37. The number of hydrogen-bond acceptors (Lipinski definition) is 4. The Morgan fingerprint density at radius 3 is 2.48 bits per heavy atom. The zero-order valence-corrected chi connectivity index (χ0v) is 13.6. The van der Waals surface area contributed by atoms with Crippen LogP contribution in [0.5, 0.6) is 0 Å². The molecule has 2 N–H and O–H groups in total. The second kappa shape index (κ2) is 5.78. The number of hydrogen-bond donors (Lipinski definition) is 1. The molecule has 2 atom stereocenters. The molecule has 3 rings (SSSR count). The van der Waals surface area contributed by atoms with Crippen molar-refractivity contribution in [1.82, 2.24) is 9.97 Å². The lowest BCUT2D eigenvalue weighted by Crippen LogP contribution is -2.29. The van der Waals surface area contributed by atoms with Crippen LogP contribution in [0.3, 0.4) is 0 Å². The van der Waals surface area contributed by atoms with Crippen LogP contribution >= 0.6 is 11.8 Å². The standard InChI is InChI=1S/C17H21N3S/c1-10-11(2)19-17(20-12(10)3)21-15-9-8-13-6-4-5-7-14(13)16(15)18/h4-7,15-16H,8-9,18H2,1-3H3. The summed E-state index contributed by atoms with van der Waals surface area (Å²) in [6.45, 7) is 6.16. The molecule has 0 saturated carbocycles. The molecule has 0 fully saturated rings. The molecule has 1 aliphatic rings. The quantitative estimate of drug-likeness (QED) is 0.862. The van der Waals surface area contributed by atoms with Gasteiger partial charge in [-0.15, -0.1) is 0 Å². The summed E-state index contributed by atoms with van der Waals surface area (Å²) < 4.78 is 0. The number of nitrogens with two attached hydrogens (primary N) is 1. The van der Waals surface area contributed by atoms with E-state index >= 15 is 0 Å². The van der Waals surface area contributed by atoms with Gasteiger partial charge in [-0.05, 0) is 50.3 Å². The third kappa shape index (κ3) is 2.83. The van der Waals surface area contributed by atoms with E-state index in [4.69, 9.17) is 5.73 Å². The average Bonchev–Trinajstić information content (AvgIpc) is 2.48. The van der Waals surface area contributed by atoms with Gasteiger partial charge in [0.25, 0.3) is 0 Å². The molecule has 0 radical (unpaired) electrons. The highest BCUT2D eigenvalue weighted by Gasteiger charge is 2.28. The molecule has 0 aliphatic heterocycles. The van der Waals surface area contributed by atoms with E-state index in [-0.39, 0.29) is 6.04 Å². The number of benzene rings is 1. The zero-order chi connectivity index (χ0) is 15.0. The van der Waals surface area contributed by atoms with Crippen molar-refractivity contribution in [3.63, 3.8) is 0 Å². The maximum absolute atomic E-state index is 6.47. The van der Waals surface area contributed by atoms with Crippen molar-refractivity contribution in [3.8, 4) is 0 Å². The van der Waals surface area contributed by atoms with Crippen molar-refractivity contribution in [1.29, 1.82) is 0 Å². The van der Waals surface area contributed by atoms with Crippen LogP contribution in [-0.2, 0) is 6.42 Å². The summed E-state index contributed by atoms with van der Waals surface area (Å²) in [5.41, 5.74) is 12.4. The van der Waals surface area contributed by atoms with E-state index in [0.29, 0.717) is 5.25 Å². The number of aromatic nitrogens is 2. The van der Waals surface area contributed by atoms with Crippen LogP contribution in [0, 0.1) is 20.8 Å². The van der Waals surface area contributed by atoms with Crippen molar-refractivity contribution < 1.29 is 0 Å². The van der Waals surface area contributed by atoms with Gasteiger partial charge in [0, 0.05) is 22.7 Å². The minimum absolute atomic E-state index is 0.0606. The summed E-state index contributed by atoms with van der Waals surface area (Å²) in [5, 5.41) is 1.21. The molecule has 1 heterocycles. The van der Waals surface area contributed by atoms with Gasteiger partial charge in [0.1, 0.15) is 0 Å². The number of nitrogens with zero attached hydrogens (tertiary/aromatic N) is 2. The number of thioether (sulfide) groups is 1. The van der Waals surface area contributed by atoms with E-state index in [1.54, 1.807) is 11.8 Å². The van der Waals surface area contributed by atoms with Crippen molar-refractivity contribution >= 4 is 11.8 Å². The van der Waals surface area contributed by atoms with E-state index in [1.807, 2.05) is 13.8 Å². The molecule has 2 unspecified atom stereocenters. The lowest BCUT2D eigenvalue weighted by Gasteiger charge is -2.30. The van der Waals surface area contributed by atoms with E-state index < -0.39 is 0 Å². The summed E-state index contributed by atoms with van der Waals surface area (Å²) in [6, 6.07) is 8.56. The Morgan fingerprint density at radius 1 is 1.10 bits per heavy atom. The summed E-state index contributed by atoms with van der Waals surface area (Å²) in [6.07, 6.45) is 2.17. The minimum atomic E-state index is 0.0606. The van der Waals surface area contributed by atoms with Gasteiger partial charge >= 0.3 is 0 Å². The molecule has 21 heavy (non-hydrogen) atoms. The predicted octanol–water partition coefficient (Wildman–Crippen LogP) is 3.51. The first-order valence-corrected chi connectivity index (χ1v) is 8.26. The normalized spacial score (nSPS) is 21.1. The first-order chi connectivity index (χ1) is 10.1. The average molecular weight is 299 g/mol. The summed E-state index contributed by atoms with van der Waals surface area (Å²) >= 11 is 1.73. The molecule has 2 aromatic rings. The summed E-state index contributed by atoms with van der Waals surface area (Å²) in [4.78, 5) is 9.23. The van der Waals surface area contributed by atoms with Crippen LogP contribution in [0.4, 0.5) is 0 Å². The van der Waals surface area contributed by atoms with Crippen LogP contribution < -0.4 is 5.73 Å². The first-order valence-electron chi connectivity index (χ1n) is 7.38. The van der Waals surface area contributed by atoms with E-state index in [2.05, 4.69) is 41.2 Å². The Bertz CT molecular complexity index is 646. The molecule has 1 aromatic carbocycles. The van der Waals surface area contributed by atoms with Gasteiger partial charge in [0.15, 0.2) is 5.16 Å². The lowest BCUT2D eigenvalue weighted by molar-refractivity contribution is 0.585. The van der Waals surface area contributed by atoms with Crippen LogP contribution in [0.2, 0.25) is 0 Å². The molecule has 0 saturated heterocycles. The zero-order valence-electron chi connectivity index (χ0n) is 12.8. The van der Waals surface area contributed by atoms with Crippen molar-refractivity contribution in [2.45, 2.75) is 50.1 Å². The van der Waals surface area contributed by atoms with Crippen molar-refractivity contribution in [2.75, 3.05) is 0 Å².